The van der Waals surface area contributed by atoms with Crippen LogP contribution in [0.1, 0.15) is 45.1 Å². The highest BCUT2D eigenvalue weighted by Gasteiger charge is 2.07. The number of carbonyl (C=O) groups is 1. The molecule has 3 heteroatoms. The normalized spacial score (nSPS) is 11.3. The van der Waals surface area contributed by atoms with Gasteiger partial charge in [0.1, 0.15) is 6.61 Å². The molecule has 1 atom stereocenters. The van der Waals surface area contributed by atoms with Gasteiger partial charge in [0, 0.05) is 6.92 Å². The third-order valence-electron chi connectivity index (χ3n) is 2.93. The van der Waals surface area contributed by atoms with Crippen LogP contribution in [0.4, 0.5) is 0 Å². The Morgan fingerprint density at radius 1 is 1.24 bits per heavy atom. The quantitative estimate of drug-likeness (QED) is 0.415. The summed E-state index contributed by atoms with van der Waals surface area (Å²) >= 11 is 0. The smallest absolute Gasteiger partial charge is 0.303 e. The molecule has 1 aromatic rings. The van der Waals surface area contributed by atoms with Crippen LogP contribution >= 0.6 is 0 Å². The van der Waals surface area contributed by atoms with Gasteiger partial charge >= 0.3 is 5.97 Å². The van der Waals surface area contributed by atoms with Gasteiger partial charge in [0.25, 0.3) is 0 Å². The summed E-state index contributed by atoms with van der Waals surface area (Å²) in [5.41, 5.74) is 1.12. The molecule has 0 saturated carbocycles. The van der Waals surface area contributed by atoms with Gasteiger partial charge in [0.15, 0.2) is 6.10 Å². The lowest BCUT2D eigenvalue weighted by Gasteiger charge is -2.10. The number of hydrogen-bond acceptors (Lipinski definition) is 3. The van der Waals surface area contributed by atoms with Gasteiger partial charge in [-0.05, 0) is 18.4 Å². The highest BCUT2D eigenvalue weighted by molar-refractivity contribution is 5.66. The molecule has 0 spiro atoms. The Bertz CT molecular complexity index is 456. The van der Waals surface area contributed by atoms with Crippen LogP contribution < -0.4 is 0 Å². The minimum atomic E-state index is -0.311. The SMILES string of the molecule is CCCCC[C@@H](C#CCOCc1ccccc1)OC(C)=O. The Morgan fingerprint density at radius 2 is 2.00 bits per heavy atom. The summed E-state index contributed by atoms with van der Waals surface area (Å²) in [4.78, 5) is 11.0. The number of carbonyl (C=O) groups excluding carboxylic acids is 1. The van der Waals surface area contributed by atoms with Crippen LogP contribution in [-0.4, -0.2) is 18.7 Å². The molecule has 0 saturated heterocycles. The average Bonchev–Trinajstić information content (AvgIpc) is 2.47. The molecule has 0 aliphatic rings. The van der Waals surface area contributed by atoms with Gasteiger partial charge in [-0.3, -0.25) is 4.79 Å². The number of hydrogen-bond donors (Lipinski definition) is 0. The summed E-state index contributed by atoms with van der Waals surface area (Å²) in [6.07, 6.45) is 3.77. The van der Waals surface area contributed by atoms with Crippen molar-refractivity contribution < 1.29 is 14.3 Å². The van der Waals surface area contributed by atoms with Gasteiger partial charge in [-0.2, -0.15) is 0 Å². The highest BCUT2D eigenvalue weighted by atomic mass is 16.5. The third-order valence-corrected chi connectivity index (χ3v) is 2.93. The zero-order valence-electron chi connectivity index (χ0n) is 12.9. The third kappa shape index (κ3) is 8.88. The Hall–Kier alpha value is -1.79. The zero-order chi connectivity index (χ0) is 15.3. The molecule has 0 bridgehead atoms. The molecule has 3 nitrogen and oxygen atoms in total. The van der Waals surface area contributed by atoms with Gasteiger partial charge in [0.2, 0.25) is 0 Å². The molecule has 1 rings (SSSR count). The molecule has 0 aromatic heterocycles. The van der Waals surface area contributed by atoms with Gasteiger partial charge < -0.3 is 9.47 Å². The topological polar surface area (TPSA) is 35.5 Å². The maximum Gasteiger partial charge on any atom is 0.303 e. The Labute approximate surface area is 127 Å². The van der Waals surface area contributed by atoms with E-state index in [0.29, 0.717) is 13.2 Å². The lowest BCUT2D eigenvalue weighted by atomic mass is 10.1. The fourth-order valence-corrected chi connectivity index (χ4v) is 1.89. The van der Waals surface area contributed by atoms with Crippen LogP contribution in [-0.2, 0) is 20.9 Å². The molecule has 0 N–H and O–H groups in total. The van der Waals surface area contributed by atoms with Gasteiger partial charge in [-0.1, -0.05) is 61.9 Å². The summed E-state index contributed by atoms with van der Waals surface area (Å²) in [6.45, 7) is 4.45. The van der Waals surface area contributed by atoms with Crippen molar-refractivity contribution in [2.24, 2.45) is 0 Å². The summed E-state index contributed by atoms with van der Waals surface area (Å²) in [6, 6.07) is 9.96. The molecular formula is C18H24O3. The first-order valence-corrected chi connectivity index (χ1v) is 7.49. The predicted octanol–water partition coefficient (Wildman–Crippen LogP) is 3.72. The van der Waals surface area contributed by atoms with Crippen LogP contribution in [0.15, 0.2) is 30.3 Å². The Balaban J connectivity index is 2.31. The van der Waals surface area contributed by atoms with Gasteiger partial charge in [-0.25, -0.2) is 0 Å². The number of unbranched alkanes of at least 4 members (excludes halogenated alkanes) is 2. The lowest BCUT2D eigenvalue weighted by Crippen LogP contribution is -2.14. The molecule has 0 radical (unpaired) electrons. The summed E-state index contributed by atoms with van der Waals surface area (Å²) < 4.78 is 10.7. The van der Waals surface area contributed by atoms with Crippen molar-refractivity contribution in [1.29, 1.82) is 0 Å². The van der Waals surface area contributed by atoms with E-state index in [1.807, 2.05) is 30.3 Å². The lowest BCUT2D eigenvalue weighted by molar-refractivity contribution is -0.144. The van der Waals surface area contributed by atoms with Crippen molar-refractivity contribution in [2.45, 2.75) is 52.2 Å². The predicted molar refractivity (Wildman–Crippen MR) is 83.6 cm³/mol. The highest BCUT2D eigenvalue weighted by Crippen LogP contribution is 2.06. The Morgan fingerprint density at radius 3 is 2.67 bits per heavy atom. The number of benzene rings is 1. The van der Waals surface area contributed by atoms with E-state index in [9.17, 15) is 4.79 Å². The van der Waals surface area contributed by atoms with E-state index in [4.69, 9.17) is 9.47 Å². The first-order chi connectivity index (χ1) is 10.2. The number of esters is 1. The van der Waals surface area contributed by atoms with E-state index >= 15 is 0 Å². The molecule has 0 amide bonds. The second-order valence-corrected chi connectivity index (χ2v) is 4.89. The van der Waals surface area contributed by atoms with Crippen LogP contribution in [0.5, 0.6) is 0 Å². The van der Waals surface area contributed by atoms with Crippen molar-refractivity contribution in [3.05, 3.63) is 35.9 Å². The van der Waals surface area contributed by atoms with E-state index < -0.39 is 0 Å². The van der Waals surface area contributed by atoms with Crippen molar-refractivity contribution in [3.63, 3.8) is 0 Å². The Kier molecular flexibility index (Phi) is 8.99. The monoisotopic (exact) mass is 288 g/mol. The summed E-state index contributed by atoms with van der Waals surface area (Å²) in [5, 5.41) is 0. The molecule has 0 aliphatic heterocycles. The summed E-state index contributed by atoms with van der Waals surface area (Å²) in [7, 11) is 0. The molecule has 0 aliphatic carbocycles. The van der Waals surface area contributed by atoms with Crippen LogP contribution in [0.3, 0.4) is 0 Å². The zero-order valence-corrected chi connectivity index (χ0v) is 12.9. The van der Waals surface area contributed by atoms with E-state index in [1.54, 1.807) is 0 Å². The van der Waals surface area contributed by atoms with Crippen molar-refractivity contribution >= 4 is 5.97 Å². The van der Waals surface area contributed by atoms with Crippen LogP contribution in [0, 0.1) is 11.8 Å². The largest absolute Gasteiger partial charge is 0.449 e. The van der Waals surface area contributed by atoms with Crippen molar-refractivity contribution in [2.75, 3.05) is 6.61 Å². The second-order valence-electron chi connectivity index (χ2n) is 4.89. The second kappa shape index (κ2) is 10.9. The maximum atomic E-state index is 11.0. The van der Waals surface area contributed by atoms with Gasteiger partial charge in [0.05, 0.1) is 6.61 Å². The minimum absolute atomic E-state index is 0.281. The van der Waals surface area contributed by atoms with E-state index in [-0.39, 0.29) is 12.1 Å². The molecule has 0 fully saturated rings. The fraction of sp³-hybridized carbons (Fsp3) is 0.500. The van der Waals surface area contributed by atoms with E-state index in [1.165, 1.54) is 6.92 Å². The van der Waals surface area contributed by atoms with Crippen LogP contribution in [0.2, 0.25) is 0 Å². The standard InChI is InChI=1S/C18H24O3/c1-3-4-6-12-18(21-16(2)19)13-9-14-20-15-17-10-7-5-8-11-17/h5,7-8,10-11,18H,3-4,6,12,14-15H2,1-2H3/t18-/m0/s1. The number of ether oxygens (including phenoxy) is 2. The maximum absolute atomic E-state index is 11.0. The molecule has 1 aromatic carbocycles. The fourth-order valence-electron chi connectivity index (χ4n) is 1.89. The van der Waals surface area contributed by atoms with E-state index in [0.717, 1.165) is 31.2 Å². The van der Waals surface area contributed by atoms with Crippen LogP contribution in [0.25, 0.3) is 0 Å². The molecule has 114 valence electrons. The average molecular weight is 288 g/mol. The number of rotatable bonds is 8. The molecule has 0 unspecified atom stereocenters. The minimum Gasteiger partial charge on any atom is -0.449 e. The first-order valence-electron chi connectivity index (χ1n) is 7.49. The van der Waals surface area contributed by atoms with Crippen molar-refractivity contribution in [3.8, 4) is 11.8 Å². The molecule has 0 heterocycles. The summed E-state index contributed by atoms with van der Waals surface area (Å²) in [5.74, 6) is 5.64. The first kappa shape index (κ1) is 17.3. The van der Waals surface area contributed by atoms with Gasteiger partial charge in [-0.15, -0.1) is 0 Å². The molecular weight excluding hydrogens is 264 g/mol. The van der Waals surface area contributed by atoms with E-state index in [2.05, 4.69) is 18.8 Å². The van der Waals surface area contributed by atoms with Crippen molar-refractivity contribution in [1.82, 2.24) is 0 Å². The molecule has 21 heavy (non-hydrogen) atoms.